The molecule has 162 valence electrons. The molecule has 7 rings (SSSR count). The molecular formula is C30H23BrClN. The van der Waals surface area contributed by atoms with Crippen molar-refractivity contribution in [1.82, 2.24) is 4.57 Å². The Kier molecular flexibility index (Phi) is 4.35. The molecule has 1 aromatic heterocycles. The predicted molar refractivity (Wildman–Crippen MR) is 143 cm³/mol. The van der Waals surface area contributed by atoms with E-state index in [-0.39, 0.29) is 5.41 Å². The smallest absolute Gasteiger partial charge is 0.0648 e. The van der Waals surface area contributed by atoms with Crippen molar-refractivity contribution >= 4 is 49.3 Å². The maximum Gasteiger partial charge on any atom is 0.0648 e. The molecule has 2 aliphatic carbocycles. The number of fused-ring (bicyclic) bond motifs is 9. The molecule has 33 heavy (non-hydrogen) atoms. The van der Waals surface area contributed by atoms with E-state index in [0.717, 1.165) is 10.7 Å². The molecule has 1 saturated carbocycles. The van der Waals surface area contributed by atoms with Crippen LogP contribution in [0.5, 0.6) is 0 Å². The van der Waals surface area contributed by atoms with Crippen LogP contribution >= 0.6 is 27.5 Å². The Balaban J connectivity index is 1.73. The van der Waals surface area contributed by atoms with Crippen molar-refractivity contribution in [3.05, 3.63) is 99.5 Å². The summed E-state index contributed by atoms with van der Waals surface area (Å²) < 4.78 is 3.57. The van der Waals surface area contributed by atoms with E-state index in [9.17, 15) is 0 Å². The molecule has 0 aliphatic heterocycles. The average Bonchev–Trinajstić information content (AvgIpc) is 3.32. The lowest BCUT2D eigenvalue weighted by Crippen LogP contribution is -2.28. The van der Waals surface area contributed by atoms with Crippen molar-refractivity contribution in [2.75, 3.05) is 0 Å². The van der Waals surface area contributed by atoms with Gasteiger partial charge in [0.2, 0.25) is 0 Å². The van der Waals surface area contributed by atoms with Gasteiger partial charge in [-0.2, -0.15) is 0 Å². The van der Waals surface area contributed by atoms with Crippen molar-refractivity contribution < 1.29 is 0 Å². The first-order valence-corrected chi connectivity index (χ1v) is 13.0. The molecule has 0 radical (unpaired) electrons. The minimum absolute atomic E-state index is 0.114. The minimum Gasteiger partial charge on any atom is -0.307 e. The normalized spacial score (nSPS) is 16.4. The topological polar surface area (TPSA) is 4.93 Å². The SMILES string of the molecule is Clc1ccccc1-n1c2ccccc2c2c(Br)cc3c(c21)-c1ccccc1C31CCCCC1. The second-order valence-electron chi connectivity index (χ2n) is 9.50. The van der Waals surface area contributed by atoms with Gasteiger partial charge < -0.3 is 4.57 Å². The third kappa shape index (κ3) is 2.60. The van der Waals surface area contributed by atoms with Crippen molar-refractivity contribution in [2.24, 2.45) is 0 Å². The molecule has 1 heterocycles. The van der Waals surface area contributed by atoms with E-state index in [2.05, 4.69) is 87.2 Å². The van der Waals surface area contributed by atoms with Gasteiger partial charge in [0, 0.05) is 26.2 Å². The largest absolute Gasteiger partial charge is 0.307 e. The van der Waals surface area contributed by atoms with Crippen LogP contribution < -0.4 is 0 Å². The van der Waals surface area contributed by atoms with Gasteiger partial charge in [-0.15, -0.1) is 0 Å². The van der Waals surface area contributed by atoms with Crippen LogP contribution in [0.3, 0.4) is 0 Å². The van der Waals surface area contributed by atoms with Gasteiger partial charge in [0.15, 0.2) is 0 Å². The zero-order chi connectivity index (χ0) is 22.2. The molecule has 0 atom stereocenters. The summed E-state index contributed by atoms with van der Waals surface area (Å²) in [5, 5.41) is 3.30. The Labute approximate surface area is 207 Å². The van der Waals surface area contributed by atoms with Gasteiger partial charge in [0.1, 0.15) is 0 Å². The van der Waals surface area contributed by atoms with E-state index in [4.69, 9.17) is 11.6 Å². The van der Waals surface area contributed by atoms with Crippen LogP contribution in [0, 0.1) is 0 Å². The highest BCUT2D eigenvalue weighted by Crippen LogP contribution is 2.59. The van der Waals surface area contributed by atoms with Gasteiger partial charge in [0.05, 0.1) is 21.7 Å². The summed E-state index contributed by atoms with van der Waals surface area (Å²) in [7, 11) is 0. The van der Waals surface area contributed by atoms with E-state index >= 15 is 0 Å². The van der Waals surface area contributed by atoms with Crippen LogP contribution in [0.1, 0.15) is 43.2 Å². The maximum atomic E-state index is 6.82. The van der Waals surface area contributed by atoms with Crippen LogP contribution in [0.2, 0.25) is 5.02 Å². The van der Waals surface area contributed by atoms with E-state index in [1.165, 1.54) is 80.6 Å². The molecule has 1 spiro atoms. The molecule has 0 amide bonds. The highest BCUT2D eigenvalue weighted by molar-refractivity contribution is 9.10. The van der Waals surface area contributed by atoms with Crippen LogP contribution in [0.25, 0.3) is 38.6 Å². The monoisotopic (exact) mass is 511 g/mol. The highest BCUT2D eigenvalue weighted by atomic mass is 79.9. The van der Waals surface area contributed by atoms with Gasteiger partial charge in [-0.3, -0.25) is 0 Å². The van der Waals surface area contributed by atoms with Gasteiger partial charge in [-0.05, 0) is 53.8 Å². The molecule has 0 N–H and O–H groups in total. The number of rotatable bonds is 1. The third-order valence-corrected chi connectivity index (χ3v) is 8.86. The van der Waals surface area contributed by atoms with Crippen LogP contribution in [0.4, 0.5) is 0 Å². The molecule has 4 aromatic carbocycles. The van der Waals surface area contributed by atoms with E-state index < -0.39 is 0 Å². The van der Waals surface area contributed by atoms with Gasteiger partial charge in [0.25, 0.3) is 0 Å². The summed E-state index contributed by atoms with van der Waals surface area (Å²) in [6.07, 6.45) is 6.36. The first kappa shape index (κ1) is 19.9. The fourth-order valence-corrected chi connectivity index (χ4v) is 7.46. The van der Waals surface area contributed by atoms with E-state index in [1.807, 2.05) is 12.1 Å². The number of halogens is 2. The Hall–Kier alpha value is -2.55. The predicted octanol–water partition coefficient (Wildman–Crippen LogP) is 9.43. The molecule has 2 aliphatic rings. The molecule has 0 saturated heterocycles. The fourth-order valence-electron chi connectivity index (χ4n) is 6.61. The first-order valence-electron chi connectivity index (χ1n) is 11.8. The first-order chi connectivity index (χ1) is 16.2. The molecule has 1 fully saturated rings. The zero-order valence-electron chi connectivity index (χ0n) is 18.2. The Morgan fingerprint density at radius 2 is 1.52 bits per heavy atom. The summed E-state index contributed by atoms with van der Waals surface area (Å²) in [5.74, 6) is 0. The van der Waals surface area contributed by atoms with Crippen molar-refractivity contribution in [2.45, 2.75) is 37.5 Å². The fraction of sp³-hybridized carbons (Fsp3) is 0.200. The average molecular weight is 513 g/mol. The Bertz CT molecular complexity index is 1570. The number of hydrogen-bond acceptors (Lipinski definition) is 0. The lowest BCUT2D eigenvalue weighted by atomic mass is 9.68. The highest BCUT2D eigenvalue weighted by Gasteiger charge is 2.45. The maximum absolute atomic E-state index is 6.82. The number of para-hydroxylation sites is 2. The number of hydrogen-bond donors (Lipinski definition) is 0. The third-order valence-electron chi connectivity index (χ3n) is 7.92. The minimum atomic E-state index is 0.114. The molecule has 3 heteroatoms. The Morgan fingerprint density at radius 3 is 2.36 bits per heavy atom. The Morgan fingerprint density at radius 1 is 0.788 bits per heavy atom. The van der Waals surface area contributed by atoms with Crippen LogP contribution in [-0.2, 0) is 5.41 Å². The van der Waals surface area contributed by atoms with E-state index in [0.29, 0.717) is 0 Å². The quantitative estimate of drug-likeness (QED) is 0.211. The van der Waals surface area contributed by atoms with Crippen molar-refractivity contribution in [3.63, 3.8) is 0 Å². The lowest BCUT2D eigenvalue weighted by molar-refractivity contribution is 0.353. The van der Waals surface area contributed by atoms with E-state index in [1.54, 1.807) is 0 Å². The summed E-state index contributed by atoms with van der Waals surface area (Å²) in [4.78, 5) is 0. The standard InChI is InChI=1S/C30H23BrClN/c31-23-18-22-27(19-10-2-4-12-21(19)30(22)16-8-1-9-17-30)29-28(23)20-11-3-6-14-25(20)33(29)26-15-7-5-13-24(26)32/h2-7,10-15,18H,1,8-9,16-17H2. The summed E-state index contributed by atoms with van der Waals surface area (Å²) >= 11 is 10.8. The molecule has 0 unspecified atom stereocenters. The summed E-state index contributed by atoms with van der Waals surface area (Å²) in [6, 6.07) is 28.5. The second-order valence-corrected chi connectivity index (χ2v) is 10.8. The van der Waals surface area contributed by atoms with Crippen LogP contribution in [0.15, 0.2) is 83.3 Å². The summed E-state index contributed by atoms with van der Waals surface area (Å²) in [6.45, 7) is 0. The second kappa shape index (κ2) is 7.22. The molecule has 1 nitrogen and oxygen atoms in total. The lowest BCUT2D eigenvalue weighted by Gasteiger charge is -2.36. The molecule has 5 aromatic rings. The number of benzene rings is 4. The number of nitrogens with zero attached hydrogens (tertiary/aromatic N) is 1. The van der Waals surface area contributed by atoms with Crippen molar-refractivity contribution in [3.8, 4) is 16.8 Å². The number of aromatic nitrogens is 1. The van der Waals surface area contributed by atoms with Crippen LogP contribution in [-0.4, -0.2) is 4.57 Å². The van der Waals surface area contributed by atoms with Gasteiger partial charge in [-0.25, -0.2) is 0 Å². The van der Waals surface area contributed by atoms with Gasteiger partial charge >= 0.3 is 0 Å². The zero-order valence-corrected chi connectivity index (χ0v) is 20.6. The molecular weight excluding hydrogens is 490 g/mol. The van der Waals surface area contributed by atoms with Gasteiger partial charge in [-0.1, -0.05) is 101 Å². The van der Waals surface area contributed by atoms with Crippen molar-refractivity contribution in [1.29, 1.82) is 0 Å². The summed E-state index contributed by atoms with van der Waals surface area (Å²) in [5.41, 5.74) is 9.38. The molecule has 0 bridgehead atoms.